The minimum absolute atomic E-state index is 0.165. The molecule has 0 aromatic carbocycles. The second kappa shape index (κ2) is 14.2. The van der Waals surface area contributed by atoms with Gasteiger partial charge in [0.1, 0.15) is 18.2 Å². The van der Waals surface area contributed by atoms with Crippen molar-refractivity contribution >= 4 is 55.1 Å². The van der Waals surface area contributed by atoms with Crippen LogP contribution in [0, 0.1) is 5.92 Å². The highest BCUT2D eigenvalue weighted by molar-refractivity contribution is 8.76. The van der Waals surface area contributed by atoms with E-state index in [4.69, 9.17) is 4.74 Å². The topological polar surface area (TPSA) is 168 Å². The van der Waals surface area contributed by atoms with Crippen molar-refractivity contribution < 1.29 is 37.4 Å². The molecule has 0 aromatic heterocycles. The highest BCUT2D eigenvalue weighted by atomic mass is 33.1. The number of hydrogen-bond donors (Lipinski definition) is 4. The second-order valence-corrected chi connectivity index (χ2v) is 14.0. The minimum Gasteiger partial charge on any atom is -0.457 e. The number of ether oxygens (including phenoxy) is 1. The fraction of sp³-hybridized carbons (Fsp3) is 0.727. The predicted molar refractivity (Wildman–Crippen MR) is 139 cm³/mol. The zero-order chi connectivity index (χ0) is 26.9. The molecule has 0 aliphatic carbocycles. The summed E-state index contributed by atoms with van der Waals surface area (Å²) in [5.41, 5.74) is 0. The minimum atomic E-state index is -3.68. The molecule has 0 aromatic rings. The molecule has 2 aliphatic rings. The summed E-state index contributed by atoms with van der Waals surface area (Å²) in [7, 11) is -0.838. The van der Waals surface area contributed by atoms with Gasteiger partial charge < -0.3 is 25.8 Å². The Bertz CT molecular complexity index is 941. The zero-order valence-electron chi connectivity index (χ0n) is 20.6. The van der Waals surface area contributed by atoms with Gasteiger partial charge in [0.05, 0.1) is 30.7 Å². The van der Waals surface area contributed by atoms with Crippen LogP contribution in [0.3, 0.4) is 0 Å². The number of aliphatic hydroxyl groups excluding tert-OH is 1. The molecule has 1 saturated heterocycles. The number of amides is 3. The lowest BCUT2D eigenvalue weighted by Gasteiger charge is -2.29. The summed E-state index contributed by atoms with van der Waals surface area (Å²) in [6.45, 7) is 4.97. The van der Waals surface area contributed by atoms with Gasteiger partial charge in [0.2, 0.25) is 17.7 Å². The molecule has 0 radical (unpaired) electrons. The first-order valence-electron chi connectivity index (χ1n) is 11.8. The van der Waals surface area contributed by atoms with Gasteiger partial charge in [-0.15, -0.1) is 0 Å². The van der Waals surface area contributed by atoms with E-state index < -0.39 is 76.0 Å². The predicted octanol–water partition coefficient (Wildman–Crippen LogP) is -0.0607. The van der Waals surface area contributed by atoms with Gasteiger partial charge in [0.25, 0.3) is 0 Å². The van der Waals surface area contributed by atoms with Gasteiger partial charge in [-0.2, -0.15) is 0 Å². The number of rotatable bonds is 4. The molecule has 14 heteroatoms. The second-order valence-electron chi connectivity index (χ2n) is 8.99. The highest BCUT2D eigenvalue weighted by Crippen LogP contribution is 2.24. The Morgan fingerprint density at radius 1 is 1.08 bits per heavy atom. The summed E-state index contributed by atoms with van der Waals surface area (Å²) in [4.78, 5) is 51.7. The summed E-state index contributed by atoms with van der Waals surface area (Å²) in [6, 6.07) is -3.33. The van der Waals surface area contributed by atoms with Crippen LogP contribution >= 0.6 is 21.6 Å². The molecule has 2 aliphatic heterocycles. The fourth-order valence-corrected chi connectivity index (χ4v) is 6.76. The van der Waals surface area contributed by atoms with Gasteiger partial charge in [-0.05, 0) is 18.4 Å². The van der Waals surface area contributed by atoms with Gasteiger partial charge in [0.15, 0.2) is 9.84 Å². The van der Waals surface area contributed by atoms with Gasteiger partial charge in [-0.1, -0.05) is 48.4 Å². The van der Waals surface area contributed by atoms with Crippen LogP contribution in [0.5, 0.6) is 0 Å². The number of allylic oxidation sites excluding steroid dienone is 1. The molecule has 36 heavy (non-hydrogen) atoms. The van der Waals surface area contributed by atoms with E-state index in [1.54, 1.807) is 26.0 Å². The van der Waals surface area contributed by atoms with Crippen LogP contribution in [0.25, 0.3) is 0 Å². The molecular formula is C22H35N3O8S3. The van der Waals surface area contributed by atoms with Crippen LogP contribution in [-0.4, -0.2) is 90.6 Å². The number of esters is 1. The normalized spacial score (nSPS) is 30.6. The molecule has 11 nitrogen and oxygen atoms in total. The van der Waals surface area contributed by atoms with Crippen molar-refractivity contribution in [2.75, 3.05) is 23.0 Å². The quantitative estimate of drug-likeness (QED) is 0.206. The Labute approximate surface area is 219 Å². The number of carbonyl (C=O) groups excluding carboxylic acids is 4. The van der Waals surface area contributed by atoms with E-state index in [1.165, 1.54) is 28.5 Å². The van der Waals surface area contributed by atoms with Crippen molar-refractivity contribution in [1.29, 1.82) is 0 Å². The number of nitrogens with one attached hydrogen (secondary N) is 3. The Balaban J connectivity index is 2.52. The standard InChI is InChI=1S/C22H35N3O8S3/c1-4-36(31,32)12-16-22(30)24-15-11-35-34-8-6-5-7-14(9-18(27)23-16)33-19(28)10-17(26)20(13(2)3)25-21(15)29/h5,7,13-17,20,26H,4,6,8-12H2,1-3H3,(H,23,27)(H,24,30)(H,25,29)/b7-5+/t14-,15-,16+,17+,20-/m1/s1. The highest BCUT2D eigenvalue weighted by Gasteiger charge is 2.34. The van der Waals surface area contributed by atoms with Crippen molar-refractivity contribution in [3.63, 3.8) is 0 Å². The number of hydrogen-bond acceptors (Lipinski definition) is 10. The van der Waals surface area contributed by atoms with E-state index in [2.05, 4.69) is 16.0 Å². The number of fused-ring (bicyclic) bond motifs is 7. The number of sulfone groups is 1. The molecule has 2 rings (SSSR count). The van der Waals surface area contributed by atoms with Crippen molar-refractivity contribution in [2.45, 2.75) is 70.4 Å². The third-order valence-electron chi connectivity index (χ3n) is 5.67. The van der Waals surface area contributed by atoms with Crippen LogP contribution in [0.4, 0.5) is 0 Å². The summed E-state index contributed by atoms with van der Waals surface area (Å²) in [5, 5.41) is 18.4. The van der Waals surface area contributed by atoms with E-state index in [1.807, 2.05) is 0 Å². The molecule has 204 valence electrons. The molecule has 2 bridgehead atoms. The van der Waals surface area contributed by atoms with Crippen LogP contribution < -0.4 is 16.0 Å². The monoisotopic (exact) mass is 565 g/mol. The van der Waals surface area contributed by atoms with Crippen LogP contribution in [0.2, 0.25) is 0 Å². The Morgan fingerprint density at radius 2 is 1.81 bits per heavy atom. The maximum atomic E-state index is 13.2. The molecule has 0 spiro atoms. The lowest BCUT2D eigenvalue weighted by molar-refractivity contribution is -0.151. The number of aliphatic hydroxyl groups is 1. The van der Waals surface area contributed by atoms with Crippen LogP contribution in [-0.2, 0) is 33.8 Å². The molecule has 3 amide bonds. The maximum absolute atomic E-state index is 13.2. The summed E-state index contributed by atoms with van der Waals surface area (Å²) in [5.74, 6) is -3.17. The Hall–Kier alpha value is -1.77. The largest absolute Gasteiger partial charge is 0.457 e. The molecule has 2 heterocycles. The van der Waals surface area contributed by atoms with E-state index in [-0.39, 0.29) is 23.8 Å². The molecule has 5 atom stereocenters. The molecule has 0 saturated carbocycles. The first-order chi connectivity index (χ1) is 16.9. The van der Waals surface area contributed by atoms with E-state index in [9.17, 15) is 32.7 Å². The molecule has 1 fully saturated rings. The Kier molecular flexibility index (Phi) is 12.0. The maximum Gasteiger partial charge on any atom is 0.309 e. The van der Waals surface area contributed by atoms with Crippen molar-refractivity contribution in [2.24, 2.45) is 5.92 Å². The first kappa shape index (κ1) is 30.5. The van der Waals surface area contributed by atoms with Crippen LogP contribution in [0.1, 0.15) is 40.0 Å². The lowest BCUT2D eigenvalue weighted by Crippen LogP contribution is -2.59. The SMILES string of the molecule is CCS(=O)(=O)C[C@@H]1NC(=O)C[C@H]2/C=C/CCSSC[C@@H](NC1=O)C(=O)N[C@H](C(C)C)[C@@H](O)CC(=O)O2. The summed E-state index contributed by atoms with van der Waals surface area (Å²) in [6.07, 6.45) is 0.945. The Morgan fingerprint density at radius 3 is 2.47 bits per heavy atom. The summed E-state index contributed by atoms with van der Waals surface area (Å²) < 4.78 is 30.0. The summed E-state index contributed by atoms with van der Waals surface area (Å²) >= 11 is 0. The van der Waals surface area contributed by atoms with Crippen molar-refractivity contribution in [1.82, 2.24) is 16.0 Å². The average molecular weight is 566 g/mol. The molecule has 0 unspecified atom stereocenters. The first-order valence-corrected chi connectivity index (χ1v) is 16.1. The third kappa shape index (κ3) is 9.94. The van der Waals surface area contributed by atoms with E-state index in [0.29, 0.717) is 12.2 Å². The smallest absolute Gasteiger partial charge is 0.309 e. The number of carbonyl (C=O) groups is 4. The lowest BCUT2D eigenvalue weighted by atomic mass is 9.96. The average Bonchev–Trinajstić information content (AvgIpc) is 2.78. The zero-order valence-corrected chi connectivity index (χ0v) is 23.0. The third-order valence-corrected chi connectivity index (χ3v) is 9.84. The fourth-order valence-electron chi connectivity index (χ4n) is 3.62. The van der Waals surface area contributed by atoms with E-state index in [0.717, 1.165) is 0 Å². The van der Waals surface area contributed by atoms with Gasteiger partial charge in [-0.25, -0.2) is 8.42 Å². The van der Waals surface area contributed by atoms with Crippen LogP contribution in [0.15, 0.2) is 12.2 Å². The van der Waals surface area contributed by atoms with Crippen molar-refractivity contribution in [3.05, 3.63) is 12.2 Å². The van der Waals surface area contributed by atoms with E-state index >= 15 is 0 Å². The van der Waals surface area contributed by atoms with Gasteiger partial charge in [0, 0.05) is 17.3 Å². The van der Waals surface area contributed by atoms with Gasteiger partial charge >= 0.3 is 5.97 Å². The van der Waals surface area contributed by atoms with Gasteiger partial charge in [-0.3, -0.25) is 19.2 Å². The van der Waals surface area contributed by atoms with Crippen molar-refractivity contribution in [3.8, 4) is 0 Å². The molecular weight excluding hydrogens is 530 g/mol. The molecule has 4 N–H and O–H groups in total.